The Hall–Kier alpha value is -1.92. The highest BCUT2D eigenvalue weighted by atomic mass is 79.9. The molecule has 7 heteroatoms. The number of halogens is 2. The van der Waals surface area contributed by atoms with Gasteiger partial charge in [0.15, 0.2) is 0 Å². The van der Waals surface area contributed by atoms with Crippen LogP contribution in [0, 0.1) is 10.1 Å². The Labute approximate surface area is 134 Å². The average molecular weight is 370 g/mol. The number of nitro groups is 1. The number of nitrogens with one attached hydrogen (secondary N) is 1. The third-order valence-corrected chi connectivity index (χ3v) is 3.47. The lowest BCUT2D eigenvalue weighted by Gasteiger charge is -2.06. The van der Waals surface area contributed by atoms with E-state index in [0.29, 0.717) is 6.54 Å². The second-order valence-corrected chi connectivity index (χ2v) is 5.62. The van der Waals surface area contributed by atoms with Crippen LogP contribution in [0.2, 0.25) is 5.02 Å². The quantitative estimate of drug-likeness (QED) is 0.655. The number of nitro benzene ring substituents is 1. The largest absolute Gasteiger partial charge is 0.348 e. The number of non-ortho nitro benzene ring substituents is 1. The number of carbonyl (C=O) groups is 1. The van der Waals surface area contributed by atoms with Crippen molar-refractivity contribution in [3.63, 3.8) is 0 Å². The minimum absolute atomic E-state index is 0.151. The molecule has 0 heterocycles. The molecule has 108 valence electrons. The molecular formula is C14H10BrClN2O3. The molecule has 2 rings (SSSR count). The van der Waals surface area contributed by atoms with Crippen molar-refractivity contribution in [1.29, 1.82) is 0 Å². The van der Waals surface area contributed by atoms with Crippen LogP contribution in [0.3, 0.4) is 0 Å². The Kier molecular flexibility index (Phi) is 4.93. The zero-order valence-electron chi connectivity index (χ0n) is 10.7. The molecule has 0 aliphatic carbocycles. The molecule has 0 unspecified atom stereocenters. The van der Waals surface area contributed by atoms with Gasteiger partial charge in [0.2, 0.25) is 0 Å². The molecule has 0 radical (unpaired) electrons. The Morgan fingerprint density at radius 3 is 2.52 bits per heavy atom. The van der Waals surface area contributed by atoms with E-state index in [1.807, 2.05) is 24.3 Å². The molecule has 2 aromatic carbocycles. The first kappa shape index (κ1) is 15.5. The van der Waals surface area contributed by atoms with Gasteiger partial charge in [-0.25, -0.2) is 0 Å². The van der Waals surface area contributed by atoms with Gasteiger partial charge >= 0.3 is 0 Å². The maximum absolute atomic E-state index is 12.0. The highest BCUT2D eigenvalue weighted by Crippen LogP contribution is 2.21. The zero-order chi connectivity index (χ0) is 15.4. The van der Waals surface area contributed by atoms with Crippen LogP contribution in [-0.4, -0.2) is 10.8 Å². The summed E-state index contributed by atoms with van der Waals surface area (Å²) in [5.41, 5.74) is 0.866. The predicted molar refractivity (Wildman–Crippen MR) is 83.4 cm³/mol. The van der Waals surface area contributed by atoms with Gasteiger partial charge < -0.3 is 5.32 Å². The normalized spacial score (nSPS) is 10.2. The third-order valence-electron chi connectivity index (χ3n) is 2.72. The molecule has 1 N–H and O–H groups in total. The third kappa shape index (κ3) is 4.27. The van der Waals surface area contributed by atoms with Gasteiger partial charge in [0, 0.05) is 33.7 Å². The maximum atomic E-state index is 12.0. The van der Waals surface area contributed by atoms with Crippen molar-refractivity contribution in [2.24, 2.45) is 0 Å². The lowest BCUT2D eigenvalue weighted by molar-refractivity contribution is -0.384. The molecule has 0 bridgehead atoms. The molecule has 0 aliphatic heterocycles. The number of carbonyl (C=O) groups excluding carboxylic acids is 1. The zero-order valence-corrected chi connectivity index (χ0v) is 13.0. The van der Waals surface area contributed by atoms with Crippen molar-refractivity contribution in [2.45, 2.75) is 6.54 Å². The van der Waals surface area contributed by atoms with Crippen LogP contribution in [0.15, 0.2) is 46.9 Å². The van der Waals surface area contributed by atoms with Crippen molar-refractivity contribution in [2.75, 3.05) is 0 Å². The molecule has 1 amide bonds. The second-order valence-electron chi connectivity index (χ2n) is 4.26. The Bertz CT molecular complexity index is 689. The Morgan fingerprint density at radius 2 is 1.90 bits per heavy atom. The number of hydrogen-bond donors (Lipinski definition) is 1. The van der Waals surface area contributed by atoms with E-state index in [2.05, 4.69) is 21.2 Å². The molecule has 0 fully saturated rings. The summed E-state index contributed by atoms with van der Waals surface area (Å²) >= 11 is 9.11. The fourth-order valence-corrected chi connectivity index (χ4v) is 2.19. The van der Waals surface area contributed by atoms with Crippen LogP contribution in [0.1, 0.15) is 15.9 Å². The molecule has 0 aromatic heterocycles. The van der Waals surface area contributed by atoms with Gasteiger partial charge in [0.25, 0.3) is 11.6 Å². The van der Waals surface area contributed by atoms with E-state index in [4.69, 9.17) is 11.6 Å². The fraction of sp³-hybridized carbons (Fsp3) is 0.0714. The van der Waals surface area contributed by atoms with E-state index in [1.54, 1.807) is 0 Å². The molecule has 0 aliphatic rings. The van der Waals surface area contributed by atoms with E-state index in [-0.39, 0.29) is 16.3 Å². The summed E-state index contributed by atoms with van der Waals surface area (Å²) in [6.07, 6.45) is 0. The first-order valence-corrected chi connectivity index (χ1v) is 7.10. The van der Waals surface area contributed by atoms with Crippen LogP contribution >= 0.6 is 27.5 Å². The van der Waals surface area contributed by atoms with E-state index < -0.39 is 10.8 Å². The standard InChI is InChI=1S/C14H10BrClN2O3/c15-11-3-1-9(2-4-11)8-17-14(19)10-5-12(16)7-13(6-10)18(20)21/h1-7H,8H2,(H,17,19). The van der Waals surface area contributed by atoms with Crippen molar-refractivity contribution >= 4 is 39.1 Å². The predicted octanol–water partition coefficient (Wildman–Crippen LogP) is 3.94. The van der Waals surface area contributed by atoms with Crippen LogP contribution in [0.4, 0.5) is 5.69 Å². The number of rotatable bonds is 4. The number of amides is 1. The Balaban J connectivity index is 2.09. The summed E-state index contributed by atoms with van der Waals surface area (Å²) in [5, 5.41) is 13.6. The van der Waals surface area contributed by atoms with Gasteiger partial charge in [0.1, 0.15) is 0 Å². The first-order chi connectivity index (χ1) is 9.95. The van der Waals surface area contributed by atoms with Gasteiger partial charge in [-0.15, -0.1) is 0 Å². The highest BCUT2D eigenvalue weighted by molar-refractivity contribution is 9.10. The van der Waals surface area contributed by atoms with Gasteiger partial charge in [-0.2, -0.15) is 0 Å². The number of hydrogen-bond acceptors (Lipinski definition) is 3. The van der Waals surface area contributed by atoms with Crippen LogP contribution in [0.5, 0.6) is 0 Å². The van der Waals surface area contributed by atoms with Crippen molar-refractivity contribution in [3.05, 3.63) is 73.2 Å². The van der Waals surface area contributed by atoms with E-state index in [1.165, 1.54) is 18.2 Å². The maximum Gasteiger partial charge on any atom is 0.271 e. The SMILES string of the molecule is O=C(NCc1ccc(Br)cc1)c1cc(Cl)cc([N+](=O)[O-])c1. The summed E-state index contributed by atoms with van der Waals surface area (Å²) < 4.78 is 0.947. The fourth-order valence-electron chi connectivity index (χ4n) is 1.70. The summed E-state index contributed by atoms with van der Waals surface area (Å²) in [7, 11) is 0. The van der Waals surface area contributed by atoms with Crippen LogP contribution in [-0.2, 0) is 6.54 Å². The van der Waals surface area contributed by atoms with Crippen LogP contribution in [0.25, 0.3) is 0 Å². The van der Waals surface area contributed by atoms with E-state index >= 15 is 0 Å². The van der Waals surface area contributed by atoms with E-state index in [9.17, 15) is 14.9 Å². The topological polar surface area (TPSA) is 72.2 Å². The number of benzene rings is 2. The average Bonchev–Trinajstić information content (AvgIpc) is 2.45. The molecular weight excluding hydrogens is 360 g/mol. The highest BCUT2D eigenvalue weighted by Gasteiger charge is 2.13. The molecule has 0 saturated carbocycles. The van der Waals surface area contributed by atoms with Crippen molar-refractivity contribution < 1.29 is 9.72 Å². The monoisotopic (exact) mass is 368 g/mol. The molecule has 2 aromatic rings. The second kappa shape index (κ2) is 6.69. The molecule has 0 spiro atoms. The first-order valence-electron chi connectivity index (χ1n) is 5.93. The molecule has 0 atom stereocenters. The molecule has 21 heavy (non-hydrogen) atoms. The lowest BCUT2D eigenvalue weighted by Crippen LogP contribution is -2.22. The van der Waals surface area contributed by atoms with E-state index in [0.717, 1.165) is 10.0 Å². The van der Waals surface area contributed by atoms with Crippen LogP contribution < -0.4 is 5.32 Å². The van der Waals surface area contributed by atoms with Crippen molar-refractivity contribution in [3.8, 4) is 0 Å². The Morgan fingerprint density at radius 1 is 1.24 bits per heavy atom. The van der Waals surface area contributed by atoms with Crippen molar-refractivity contribution in [1.82, 2.24) is 5.32 Å². The summed E-state index contributed by atoms with van der Waals surface area (Å²) in [4.78, 5) is 22.2. The number of nitrogens with zero attached hydrogens (tertiary/aromatic N) is 1. The minimum atomic E-state index is -0.586. The smallest absolute Gasteiger partial charge is 0.271 e. The summed E-state index contributed by atoms with van der Waals surface area (Å²) in [6, 6.07) is 11.3. The van der Waals surface area contributed by atoms with Gasteiger partial charge in [-0.05, 0) is 23.8 Å². The minimum Gasteiger partial charge on any atom is -0.348 e. The summed E-state index contributed by atoms with van der Waals surface area (Å²) in [5.74, 6) is -0.413. The molecule has 0 saturated heterocycles. The lowest BCUT2D eigenvalue weighted by atomic mass is 10.1. The molecule has 5 nitrogen and oxygen atoms in total. The van der Waals surface area contributed by atoms with Gasteiger partial charge in [-0.3, -0.25) is 14.9 Å². The van der Waals surface area contributed by atoms with Gasteiger partial charge in [-0.1, -0.05) is 39.7 Å². The summed E-state index contributed by atoms with van der Waals surface area (Å²) in [6.45, 7) is 0.326. The van der Waals surface area contributed by atoms with Gasteiger partial charge in [0.05, 0.1) is 4.92 Å².